The van der Waals surface area contributed by atoms with Crippen molar-refractivity contribution in [2.24, 2.45) is 0 Å². The highest BCUT2D eigenvalue weighted by Gasteiger charge is 2.35. The van der Waals surface area contributed by atoms with E-state index in [2.05, 4.69) is 25.9 Å². The van der Waals surface area contributed by atoms with Crippen LogP contribution in [0, 0.1) is 0 Å². The Kier molecular flexibility index (Phi) is 7.06. The Morgan fingerprint density at radius 2 is 1.98 bits per heavy atom. The Labute approximate surface area is 226 Å². The zero-order valence-electron chi connectivity index (χ0n) is 22.3. The molecule has 1 saturated heterocycles. The third-order valence-electron chi connectivity index (χ3n) is 6.57. The summed E-state index contributed by atoms with van der Waals surface area (Å²) < 4.78 is 67.9. The average molecular weight is 564 g/mol. The monoisotopic (exact) mass is 563 g/mol. The number of aromatic nitrogens is 4. The van der Waals surface area contributed by atoms with E-state index in [1.165, 1.54) is 12.3 Å². The number of alkyl halides is 4. The number of halogens is 4. The molecule has 1 aliphatic rings. The molecule has 10 nitrogen and oxygen atoms in total. The number of hydrogen-bond acceptors (Lipinski definition) is 8. The molecule has 2 N–H and O–H groups in total. The summed E-state index contributed by atoms with van der Waals surface area (Å²) in [4.78, 5) is 18.5. The topological polar surface area (TPSA) is 114 Å². The number of nitrogens with one attached hydrogen (secondary N) is 2. The van der Waals surface area contributed by atoms with Gasteiger partial charge in [0.1, 0.15) is 6.17 Å². The first-order valence-electron chi connectivity index (χ1n) is 12.6. The van der Waals surface area contributed by atoms with Gasteiger partial charge in [-0.05, 0) is 33.9 Å². The standard InChI is InChI=1S/C26H29F4N7O3/c1-25(2,3)37-11-14(9-32-37)24(38)31-10-20-34-23(35-40-20)22-16(8-26(28,29)30)15-6-5-7-18(21(15)39-22)33-19-13-36(4)12-17(19)27/h5-7,9,11,17,19,33H,8,10,12-13H2,1-4H3,(H,31,38)/t17-,19+/m0/s1. The fraction of sp³-hybridized carbons (Fsp3) is 0.462. The molecule has 40 heavy (non-hydrogen) atoms. The van der Waals surface area contributed by atoms with E-state index in [1.807, 2.05) is 25.7 Å². The van der Waals surface area contributed by atoms with Gasteiger partial charge < -0.3 is 24.5 Å². The van der Waals surface area contributed by atoms with Crippen molar-refractivity contribution in [3.63, 3.8) is 0 Å². The highest BCUT2D eigenvalue weighted by atomic mass is 19.4. The molecule has 4 heterocycles. The van der Waals surface area contributed by atoms with E-state index in [9.17, 15) is 22.4 Å². The zero-order valence-corrected chi connectivity index (χ0v) is 22.3. The van der Waals surface area contributed by atoms with Crippen LogP contribution in [0.25, 0.3) is 22.6 Å². The van der Waals surface area contributed by atoms with Gasteiger partial charge in [0.05, 0.1) is 42.0 Å². The molecule has 4 aromatic rings. The molecular formula is C26H29F4N7O3. The van der Waals surface area contributed by atoms with E-state index in [1.54, 1.807) is 30.1 Å². The number of para-hydroxylation sites is 1. The van der Waals surface area contributed by atoms with Crippen LogP contribution in [0.15, 0.2) is 39.5 Å². The third-order valence-corrected chi connectivity index (χ3v) is 6.57. The number of nitrogens with zero attached hydrogens (tertiary/aromatic N) is 5. The highest BCUT2D eigenvalue weighted by molar-refractivity contribution is 5.95. The largest absolute Gasteiger partial charge is 0.450 e. The molecule has 2 atom stereocenters. The molecule has 14 heteroatoms. The maximum atomic E-state index is 14.4. The predicted octanol–water partition coefficient (Wildman–Crippen LogP) is 4.53. The van der Waals surface area contributed by atoms with E-state index in [4.69, 9.17) is 8.94 Å². The van der Waals surface area contributed by atoms with Crippen molar-refractivity contribution in [2.75, 3.05) is 25.5 Å². The van der Waals surface area contributed by atoms with Crippen molar-refractivity contribution in [2.45, 2.75) is 57.7 Å². The minimum absolute atomic E-state index is 0.0300. The second-order valence-electron chi connectivity index (χ2n) is 10.9. The lowest BCUT2D eigenvalue weighted by Crippen LogP contribution is -2.29. The third kappa shape index (κ3) is 5.81. The van der Waals surface area contributed by atoms with E-state index < -0.39 is 30.7 Å². The molecule has 0 bridgehead atoms. The smallest absolute Gasteiger partial charge is 0.393 e. The van der Waals surface area contributed by atoms with Crippen molar-refractivity contribution in [3.05, 3.63) is 47.6 Å². The minimum atomic E-state index is -4.55. The number of anilines is 1. The van der Waals surface area contributed by atoms with Gasteiger partial charge in [0.2, 0.25) is 11.7 Å². The lowest BCUT2D eigenvalue weighted by atomic mass is 10.1. The molecule has 1 aliphatic heterocycles. The van der Waals surface area contributed by atoms with Gasteiger partial charge in [0.15, 0.2) is 11.3 Å². The quantitative estimate of drug-likeness (QED) is 0.315. The maximum Gasteiger partial charge on any atom is 0.393 e. The molecule has 1 fully saturated rings. The Morgan fingerprint density at radius 1 is 1.20 bits per heavy atom. The van der Waals surface area contributed by atoms with Crippen LogP contribution < -0.4 is 10.6 Å². The molecular weight excluding hydrogens is 534 g/mol. The van der Waals surface area contributed by atoms with Crippen LogP contribution in [-0.4, -0.2) is 69.3 Å². The van der Waals surface area contributed by atoms with E-state index >= 15 is 0 Å². The molecule has 3 aromatic heterocycles. The number of rotatable bonds is 7. The summed E-state index contributed by atoms with van der Waals surface area (Å²) in [5.74, 6) is -0.876. The predicted molar refractivity (Wildman–Crippen MR) is 137 cm³/mol. The summed E-state index contributed by atoms with van der Waals surface area (Å²) in [6.07, 6.45) is -3.97. The summed E-state index contributed by atoms with van der Waals surface area (Å²) in [7, 11) is 1.79. The van der Waals surface area contributed by atoms with Gasteiger partial charge in [-0.15, -0.1) is 0 Å². The average Bonchev–Trinajstić information content (AvgIpc) is 3.64. The van der Waals surface area contributed by atoms with Crippen molar-refractivity contribution in [1.82, 2.24) is 30.1 Å². The molecule has 0 unspecified atom stereocenters. The SMILES string of the molecule is CN1C[C@H](F)[C@H](Nc2cccc3c(CC(F)(F)F)c(-c4noc(CNC(=O)c5cnn(C(C)(C)C)c5)n4)oc23)C1. The summed E-state index contributed by atoms with van der Waals surface area (Å²) in [5.41, 5.74) is 0.341. The number of hydrogen-bond donors (Lipinski definition) is 2. The van der Waals surface area contributed by atoms with Gasteiger partial charge in [-0.1, -0.05) is 17.3 Å². The number of fused-ring (bicyclic) bond motifs is 1. The Morgan fingerprint density at radius 3 is 2.62 bits per heavy atom. The van der Waals surface area contributed by atoms with Crippen LogP contribution in [0.4, 0.5) is 23.2 Å². The number of carbonyl (C=O) groups excluding carboxylic acids is 1. The van der Waals surface area contributed by atoms with Crippen LogP contribution in [0.3, 0.4) is 0 Å². The molecule has 0 saturated carbocycles. The number of amides is 1. The number of carbonyl (C=O) groups is 1. The number of benzene rings is 1. The summed E-state index contributed by atoms with van der Waals surface area (Å²) in [6, 6.07) is 4.15. The molecule has 1 amide bonds. The molecule has 0 aliphatic carbocycles. The van der Waals surface area contributed by atoms with Crippen LogP contribution >= 0.6 is 0 Å². The van der Waals surface area contributed by atoms with Crippen molar-refractivity contribution in [3.8, 4) is 11.6 Å². The van der Waals surface area contributed by atoms with E-state index in [-0.39, 0.29) is 52.6 Å². The summed E-state index contributed by atoms with van der Waals surface area (Å²) in [5, 5.41) is 13.9. The normalized spacial score (nSPS) is 18.5. The molecule has 1 aromatic carbocycles. The second-order valence-corrected chi connectivity index (χ2v) is 10.9. The van der Waals surface area contributed by atoms with E-state index in [0.717, 1.165) is 0 Å². The first kappa shape index (κ1) is 27.6. The second kappa shape index (κ2) is 10.2. The van der Waals surface area contributed by atoms with Crippen LogP contribution in [0.5, 0.6) is 0 Å². The maximum absolute atomic E-state index is 14.4. The van der Waals surface area contributed by atoms with Crippen molar-refractivity contribution >= 4 is 22.6 Å². The first-order valence-corrected chi connectivity index (χ1v) is 12.6. The van der Waals surface area contributed by atoms with E-state index in [0.29, 0.717) is 17.8 Å². The van der Waals surface area contributed by atoms with Crippen molar-refractivity contribution in [1.29, 1.82) is 0 Å². The van der Waals surface area contributed by atoms with Crippen LogP contribution in [0.1, 0.15) is 42.6 Å². The Bertz CT molecular complexity index is 1520. The van der Waals surface area contributed by atoms with Gasteiger partial charge in [-0.2, -0.15) is 23.3 Å². The van der Waals surface area contributed by atoms with Crippen LogP contribution in [0.2, 0.25) is 0 Å². The van der Waals surface area contributed by atoms with Gasteiger partial charge in [-0.3, -0.25) is 9.48 Å². The number of likely N-dealkylation sites (tertiary alicyclic amines) is 1. The lowest BCUT2D eigenvalue weighted by molar-refractivity contribution is -0.127. The number of likely N-dealkylation sites (N-methyl/N-ethyl adjacent to an activating group) is 1. The Balaban J connectivity index is 1.40. The fourth-order valence-corrected chi connectivity index (χ4v) is 4.61. The van der Waals surface area contributed by atoms with Gasteiger partial charge in [0.25, 0.3) is 5.91 Å². The molecule has 0 spiro atoms. The van der Waals surface area contributed by atoms with Crippen LogP contribution in [-0.2, 0) is 18.5 Å². The number of furan rings is 1. The first-order chi connectivity index (χ1) is 18.8. The fourth-order valence-electron chi connectivity index (χ4n) is 4.61. The van der Waals surface area contributed by atoms with Gasteiger partial charge in [0, 0.05) is 30.2 Å². The lowest BCUT2D eigenvalue weighted by Gasteiger charge is -2.18. The Hall–Kier alpha value is -3.94. The molecule has 0 radical (unpaired) electrons. The highest BCUT2D eigenvalue weighted by Crippen LogP contribution is 2.39. The minimum Gasteiger partial charge on any atom is -0.450 e. The van der Waals surface area contributed by atoms with Gasteiger partial charge in [-0.25, -0.2) is 4.39 Å². The zero-order chi connectivity index (χ0) is 28.8. The summed E-state index contributed by atoms with van der Waals surface area (Å²) in [6.45, 7) is 6.33. The van der Waals surface area contributed by atoms with Gasteiger partial charge >= 0.3 is 6.18 Å². The molecule has 5 rings (SSSR count). The molecule has 214 valence electrons. The van der Waals surface area contributed by atoms with Crippen molar-refractivity contribution < 1.29 is 31.3 Å². The summed E-state index contributed by atoms with van der Waals surface area (Å²) >= 11 is 0.